The average Bonchev–Trinajstić information content (AvgIpc) is 3.17. The molecule has 0 atom stereocenters. The lowest BCUT2D eigenvalue weighted by molar-refractivity contribution is -0.114. The average molecular weight is 446 g/mol. The summed E-state index contributed by atoms with van der Waals surface area (Å²) in [6, 6.07) is 22.9. The number of hydrogen-bond donors (Lipinski definition) is 1. The smallest absolute Gasteiger partial charge is 0.267 e. The summed E-state index contributed by atoms with van der Waals surface area (Å²) in [6.07, 6.45) is 0. The zero-order chi connectivity index (χ0) is 22.3. The van der Waals surface area contributed by atoms with Gasteiger partial charge in [0.15, 0.2) is 11.6 Å². The van der Waals surface area contributed by atoms with Gasteiger partial charge >= 0.3 is 0 Å². The first-order chi connectivity index (χ1) is 15.4. The molecule has 8 nitrogen and oxygen atoms in total. The molecule has 4 aromatic rings. The van der Waals surface area contributed by atoms with E-state index in [1.807, 2.05) is 53.4 Å². The molecular weight excluding hydrogens is 426 g/mol. The van der Waals surface area contributed by atoms with E-state index in [1.165, 1.54) is 23.4 Å². The van der Waals surface area contributed by atoms with Crippen molar-refractivity contribution >= 4 is 50.0 Å². The lowest BCUT2D eigenvalue weighted by atomic mass is 10.3. The molecule has 0 bridgehead atoms. The van der Waals surface area contributed by atoms with Gasteiger partial charge in [0.25, 0.3) is 10.0 Å². The second-order valence-electron chi connectivity index (χ2n) is 7.32. The molecule has 1 N–H and O–H groups in total. The summed E-state index contributed by atoms with van der Waals surface area (Å²) in [4.78, 5) is 22.6. The van der Waals surface area contributed by atoms with Gasteiger partial charge in [-0.25, -0.2) is 22.7 Å². The van der Waals surface area contributed by atoms with E-state index in [-0.39, 0.29) is 23.3 Å². The molecule has 1 amide bonds. The van der Waals surface area contributed by atoms with Gasteiger partial charge in [0.05, 0.1) is 15.9 Å². The van der Waals surface area contributed by atoms with E-state index < -0.39 is 10.0 Å². The van der Waals surface area contributed by atoms with E-state index in [1.54, 1.807) is 18.2 Å². The van der Waals surface area contributed by atoms with Gasteiger partial charge in [0.2, 0.25) is 5.91 Å². The highest BCUT2D eigenvalue weighted by molar-refractivity contribution is 7.92. The molecule has 0 aliphatic carbocycles. The van der Waals surface area contributed by atoms with Crippen LogP contribution in [0.3, 0.4) is 0 Å². The van der Waals surface area contributed by atoms with Crippen LogP contribution in [0.25, 0.3) is 11.0 Å². The topological polar surface area (TPSA) is 95.5 Å². The van der Waals surface area contributed by atoms with Gasteiger partial charge in [-0.05, 0) is 48.5 Å². The quantitative estimate of drug-likeness (QED) is 0.512. The maximum atomic E-state index is 13.6. The SMILES string of the molecule is CC(=O)Nc1ccc(S(=O)(=O)N2CN(c3ccccc3)c3nc4ccccc4nc32)cc1. The number of rotatable bonds is 4. The van der Waals surface area contributed by atoms with Crippen molar-refractivity contribution in [3.05, 3.63) is 78.9 Å². The van der Waals surface area contributed by atoms with Crippen molar-refractivity contribution < 1.29 is 13.2 Å². The minimum Gasteiger partial charge on any atom is -0.326 e. The van der Waals surface area contributed by atoms with Gasteiger partial charge in [0, 0.05) is 18.3 Å². The van der Waals surface area contributed by atoms with Crippen molar-refractivity contribution in [2.75, 3.05) is 21.2 Å². The van der Waals surface area contributed by atoms with Crippen LogP contribution >= 0.6 is 0 Å². The number of sulfonamides is 1. The van der Waals surface area contributed by atoms with Gasteiger partial charge in [-0.15, -0.1) is 0 Å². The van der Waals surface area contributed by atoms with E-state index in [0.717, 1.165) is 5.69 Å². The maximum absolute atomic E-state index is 13.6. The number of para-hydroxylation sites is 3. The van der Waals surface area contributed by atoms with Crippen LogP contribution in [0.1, 0.15) is 6.92 Å². The fourth-order valence-corrected chi connectivity index (χ4v) is 4.99. The third-order valence-corrected chi connectivity index (χ3v) is 6.86. The van der Waals surface area contributed by atoms with E-state index in [0.29, 0.717) is 22.5 Å². The summed E-state index contributed by atoms with van der Waals surface area (Å²) in [5, 5.41) is 2.64. The predicted molar refractivity (Wildman–Crippen MR) is 123 cm³/mol. The number of carbonyl (C=O) groups excluding carboxylic acids is 1. The number of hydrogen-bond acceptors (Lipinski definition) is 6. The zero-order valence-electron chi connectivity index (χ0n) is 17.1. The molecule has 0 unspecified atom stereocenters. The minimum absolute atomic E-state index is 0.0471. The lowest BCUT2D eigenvalue weighted by Crippen LogP contribution is -2.34. The Morgan fingerprint density at radius 3 is 2.06 bits per heavy atom. The monoisotopic (exact) mass is 445 g/mol. The van der Waals surface area contributed by atoms with Crippen LogP contribution < -0.4 is 14.5 Å². The molecule has 1 aromatic heterocycles. The molecule has 1 aliphatic rings. The number of fused-ring (bicyclic) bond motifs is 2. The van der Waals surface area contributed by atoms with Crippen LogP contribution in [0, 0.1) is 0 Å². The fraction of sp³-hybridized carbons (Fsp3) is 0.0870. The number of nitrogens with one attached hydrogen (secondary N) is 1. The Kier molecular flexibility index (Phi) is 4.75. The standard InChI is InChI=1S/C23H19N5O3S/c1-16(29)24-17-11-13-19(14-12-17)32(30,31)28-15-27(18-7-3-2-4-8-18)22-23(28)26-21-10-6-5-9-20(21)25-22/h2-14H,15H2,1H3,(H,24,29). The van der Waals surface area contributed by atoms with Crippen molar-refractivity contribution in [2.45, 2.75) is 11.8 Å². The number of anilines is 4. The van der Waals surface area contributed by atoms with Crippen molar-refractivity contribution in [3.63, 3.8) is 0 Å². The van der Waals surface area contributed by atoms with Gasteiger partial charge in [-0.1, -0.05) is 30.3 Å². The van der Waals surface area contributed by atoms with E-state index in [2.05, 4.69) is 10.3 Å². The maximum Gasteiger partial charge on any atom is 0.267 e. The molecule has 2 heterocycles. The number of benzene rings is 3. The Morgan fingerprint density at radius 2 is 1.44 bits per heavy atom. The number of carbonyl (C=O) groups is 1. The van der Waals surface area contributed by atoms with Crippen LogP contribution in [-0.4, -0.2) is 31.0 Å². The Balaban J connectivity index is 1.62. The van der Waals surface area contributed by atoms with E-state index in [4.69, 9.17) is 4.98 Å². The number of amides is 1. The molecule has 0 saturated heterocycles. The highest BCUT2D eigenvalue weighted by Gasteiger charge is 2.38. The van der Waals surface area contributed by atoms with Gasteiger partial charge < -0.3 is 10.2 Å². The summed E-state index contributed by atoms with van der Waals surface area (Å²) >= 11 is 0. The molecule has 3 aromatic carbocycles. The summed E-state index contributed by atoms with van der Waals surface area (Å²) in [7, 11) is -3.93. The Bertz CT molecular complexity index is 1420. The fourth-order valence-electron chi connectivity index (χ4n) is 3.63. The Morgan fingerprint density at radius 1 is 0.844 bits per heavy atom. The Labute approximate surface area is 185 Å². The van der Waals surface area contributed by atoms with Crippen molar-refractivity contribution in [1.82, 2.24) is 9.97 Å². The highest BCUT2D eigenvalue weighted by Crippen LogP contribution is 2.41. The molecule has 1 aliphatic heterocycles. The first-order valence-electron chi connectivity index (χ1n) is 9.93. The van der Waals surface area contributed by atoms with Crippen LogP contribution in [0.5, 0.6) is 0 Å². The second-order valence-corrected chi connectivity index (χ2v) is 9.19. The van der Waals surface area contributed by atoms with Gasteiger partial charge in [-0.2, -0.15) is 0 Å². The summed E-state index contributed by atoms with van der Waals surface area (Å²) in [6.45, 7) is 1.44. The lowest BCUT2D eigenvalue weighted by Gasteiger charge is -2.20. The van der Waals surface area contributed by atoms with E-state index in [9.17, 15) is 13.2 Å². The first-order valence-corrected chi connectivity index (χ1v) is 11.4. The van der Waals surface area contributed by atoms with Crippen LogP contribution in [-0.2, 0) is 14.8 Å². The van der Waals surface area contributed by atoms with Crippen LogP contribution in [0.2, 0.25) is 0 Å². The molecule has 0 radical (unpaired) electrons. The summed E-state index contributed by atoms with van der Waals surface area (Å²) in [5.41, 5.74) is 2.64. The van der Waals surface area contributed by atoms with Crippen LogP contribution in [0.15, 0.2) is 83.8 Å². The number of aromatic nitrogens is 2. The first kappa shape index (κ1) is 20.0. The number of nitrogens with zero attached hydrogens (tertiary/aromatic N) is 4. The molecular formula is C23H19N5O3S. The third kappa shape index (κ3) is 3.42. The minimum atomic E-state index is -3.93. The van der Waals surface area contributed by atoms with Gasteiger partial charge in [0.1, 0.15) is 6.67 Å². The molecule has 0 saturated carbocycles. The van der Waals surface area contributed by atoms with Crippen molar-refractivity contribution in [3.8, 4) is 0 Å². The molecule has 9 heteroatoms. The largest absolute Gasteiger partial charge is 0.326 e. The van der Waals surface area contributed by atoms with Crippen molar-refractivity contribution in [2.24, 2.45) is 0 Å². The molecule has 160 valence electrons. The van der Waals surface area contributed by atoms with Crippen LogP contribution in [0.4, 0.5) is 23.0 Å². The highest BCUT2D eigenvalue weighted by atomic mass is 32.2. The normalized spacial score (nSPS) is 13.3. The molecule has 5 rings (SSSR count). The molecule has 0 spiro atoms. The summed E-state index contributed by atoms with van der Waals surface area (Å²) < 4.78 is 28.4. The Hall–Kier alpha value is -3.98. The van der Waals surface area contributed by atoms with Crippen molar-refractivity contribution in [1.29, 1.82) is 0 Å². The van der Waals surface area contributed by atoms with E-state index >= 15 is 0 Å². The summed E-state index contributed by atoms with van der Waals surface area (Å²) in [5.74, 6) is 0.529. The predicted octanol–water partition coefficient (Wildman–Crippen LogP) is 3.89. The molecule has 0 fully saturated rings. The molecule has 32 heavy (non-hydrogen) atoms. The zero-order valence-corrected chi connectivity index (χ0v) is 18.0. The second kappa shape index (κ2) is 7.61. The third-order valence-electron chi connectivity index (χ3n) is 5.13. The van der Waals surface area contributed by atoms with Gasteiger partial charge in [-0.3, -0.25) is 4.79 Å².